The maximum absolute atomic E-state index is 9.07. The number of aliphatic hydroxyl groups is 1. The van der Waals surface area contributed by atoms with E-state index in [4.69, 9.17) is 14.6 Å². The summed E-state index contributed by atoms with van der Waals surface area (Å²) in [5.41, 5.74) is 6.50. The van der Waals surface area contributed by atoms with Crippen molar-refractivity contribution in [3.8, 4) is 22.6 Å². The zero-order valence-corrected chi connectivity index (χ0v) is 17.3. The standard InChI is InChI=1S/C25H26N2O3/c1-18-19(6-8-21-9-10-22(17-26-21)27(2)12-13-28)4-3-5-23(18)20-7-11-24-25(16-20)30-15-14-29-24/h3-11,16-17,28H,12-15H2,1-2H3/b8-6+. The van der Waals surface area contributed by atoms with Crippen molar-refractivity contribution < 1.29 is 14.6 Å². The summed E-state index contributed by atoms with van der Waals surface area (Å²) in [7, 11) is 1.94. The van der Waals surface area contributed by atoms with Crippen LogP contribution in [0.3, 0.4) is 0 Å². The van der Waals surface area contributed by atoms with Gasteiger partial charge in [0.05, 0.1) is 24.2 Å². The third-order valence-corrected chi connectivity index (χ3v) is 5.31. The summed E-state index contributed by atoms with van der Waals surface area (Å²) >= 11 is 0. The van der Waals surface area contributed by atoms with Crippen LogP contribution in [-0.2, 0) is 0 Å². The summed E-state index contributed by atoms with van der Waals surface area (Å²) in [5, 5.41) is 9.07. The SMILES string of the molecule is Cc1c(/C=C/c2ccc(N(C)CCO)cn2)cccc1-c1ccc2c(c1)OCCO2. The lowest BCUT2D eigenvalue weighted by Gasteiger charge is -2.19. The van der Waals surface area contributed by atoms with E-state index in [0.717, 1.165) is 34.0 Å². The zero-order valence-electron chi connectivity index (χ0n) is 17.3. The van der Waals surface area contributed by atoms with Crippen LogP contribution in [0.1, 0.15) is 16.8 Å². The van der Waals surface area contributed by atoms with E-state index >= 15 is 0 Å². The first-order chi connectivity index (χ1) is 14.7. The molecule has 3 aromatic rings. The minimum absolute atomic E-state index is 0.122. The van der Waals surface area contributed by atoms with E-state index in [1.165, 1.54) is 11.1 Å². The van der Waals surface area contributed by atoms with Crippen molar-refractivity contribution in [1.29, 1.82) is 0 Å². The smallest absolute Gasteiger partial charge is 0.161 e. The van der Waals surface area contributed by atoms with E-state index in [9.17, 15) is 0 Å². The van der Waals surface area contributed by atoms with Crippen LogP contribution in [0.2, 0.25) is 0 Å². The number of rotatable bonds is 6. The van der Waals surface area contributed by atoms with E-state index < -0.39 is 0 Å². The molecule has 0 atom stereocenters. The van der Waals surface area contributed by atoms with Crippen molar-refractivity contribution in [1.82, 2.24) is 4.98 Å². The third kappa shape index (κ3) is 4.31. The van der Waals surface area contributed by atoms with E-state index in [-0.39, 0.29) is 6.61 Å². The first-order valence-electron chi connectivity index (χ1n) is 10.1. The molecule has 0 unspecified atom stereocenters. The molecule has 2 aromatic carbocycles. The van der Waals surface area contributed by atoms with Crippen molar-refractivity contribution in [2.24, 2.45) is 0 Å². The summed E-state index contributed by atoms with van der Waals surface area (Å²) in [5.74, 6) is 1.60. The Hall–Kier alpha value is -3.31. The van der Waals surface area contributed by atoms with E-state index in [1.807, 2.05) is 48.5 Å². The molecule has 30 heavy (non-hydrogen) atoms. The topological polar surface area (TPSA) is 54.8 Å². The van der Waals surface area contributed by atoms with Gasteiger partial charge in [-0.3, -0.25) is 4.98 Å². The molecule has 154 valence electrons. The minimum Gasteiger partial charge on any atom is -0.486 e. The van der Waals surface area contributed by atoms with Gasteiger partial charge in [-0.25, -0.2) is 0 Å². The second kappa shape index (κ2) is 9.01. The van der Waals surface area contributed by atoms with Gasteiger partial charge in [-0.2, -0.15) is 0 Å². The number of aliphatic hydroxyl groups excluding tert-OH is 1. The molecular weight excluding hydrogens is 376 g/mol. The van der Waals surface area contributed by atoms with E-state index in [0.29, 0.717) is 19.8 Å². The Kier molecular flexibility index (Phi) is 6.00. The number of pyridine rings is 1. The van der Waals surface area contributed by atoms with Crippen molar-refractivity contribution >= 4 is 17.8 Å². The van der Waals surface area contributed by atoms with Crippen LogP contribution in [0.25, 0.3) is 23.3 Å². The Morgan fingerprint density at radius 2 is 1.87 bits per heavy atom. The highest BCUT2D eigenvalue weighted by Crippen LogP contribution is 2.36. The van der Waals surface area contributed by atoms with Gasteiger partial charge in [-0.1, -0.05) is 30.3 Å². The Labute approximate surface area is 177 Å². The van der Waals surface area contributed by atoms with Gasteiger partial charge in [-0.05, 0) is 59.5 Å². The fourth-order valence-corrected chi connectivity index (χ4v) is 3.53. The Morgan fingerprint density at radius 1 is 1.03 bits per heavy atom. The normalized spacial score (nSPS) is 12.9. The maximum atomic E-state index is 9.07. The van der Waals surface area contributed by atoms with Crippen molar-refractivity contribution in [3.05, 3.63) is 71.5 Å². The van der Waals surface area contributed by atoms with Crippen molar-refractivity contribution in [3.63, 3.8) is 0 Å². The summed E-state index contributed by atoms with van der Waals surface area (Å²) in [6, 6.07) is 16.4. The molecule has 0 saturated heterocycles. The number of benzene rings is 2. The monoisotopic (exact) mass is 402 g/mol. The molecule has 1 aliphatic heterocycles. The highest BCUT2D eigenvalue weighted by molar-refractivity contribution is 5.78. The Balaban J connectivity index is 1.56. The molecule has 0 aliphatic carbocycles. The molecule has 1 aromatic heterocycles. The molecule has 0 amide bonds. The number of fused-ring (bicyclic) bond motifs is 1. The molecule has 0 saturated carbocycles. The van der Waals surface area contributed by atoms with E-state index in [2.05, 4.69) is 42.2 Å². The highest BCUT2D eigenvalue weighted by Gasteiger charge is 2.13. The lowest BCUT2D eigenvalue weighted by molar-refractivity contribution is 0.171. The van der Waals surface area contributed by atoms with Crippen molar-refractivity contribution in [2.75, 3.05) is 38.3 Å². The maximum Gasteiger partial charge on any atom is 0.161 e. The number of aromatic nitrogens is 1. The molecule has 5 heteroatoms. The van der Waals surface area contributed by atoms with Gasteiger partial charge in [0.1, 0.15) is 13.2 Å². The minimum atomic E-state index is 0.122. The van der Waals surface area contributed by atoms with Gasteiger partial charge in [0, 0.05) is 13.6 Å². The third-order valence-electron chi connectivity index (χ3n) is 5.31. The van der Waals surface area contributed by atoms with E-state index in [1.54, 1.807) is 0 Å². The van der Waals surface area contributed by atoms with Crippen LogP contribution in [-0.4, -0.2) is 43.5 Å². The molecule has 1 aliphatic rings. The first-order valence-corrected chi connectivity index (χ1v) is 10.1. The molecular formula is C25H26N2O3. The van der Waals surface area contributed by atoms with Gasteiger partial charge in [0.15, 0.2) is 11.5 Å². The van der Waals surface area contributed by atoms with Crippen LogP contribution in [0.4, 0.5) is 5.69 Å². The number of nitrogens with zero attached hydrogens (tertiary/aromatic N) is 2. The molecule has 2 heterocycles. The largest absolute Gasteiger partial charge is 0.486 e. The van der Waals surface area contributed by atoms with Crippen LogP contribution >= 0.6 is 0 Å². The van der Waals surface area contributed by atoms with Gasteiger partial charge in [-0.15, -0.1) is 0 Å². The second-order valence-electron chi connectivity index (χ2n) is 7.30. The summed E-state index contributed by atoms with van der Waals surface area (Å²) in [6.45, 7) is 4.02. The molecule has 4 rings (SSSR count). The molecule has 0 fully saturated rings. The number of likely N-dealkylation sites (N-methyl/N-ethyl adjacent to an activating group) is 1. The van der Waals surface area contributed by atoms with Crippen molar-refractivity contribution in [2.45, 2.75) is 6.92 Å². The second-order valence-corrected chi connectivity index (χ2v) is 7.30. The summed E-state index contributed by atoms with van der Waals surface area (Å²) in [4.78, 5) is 6.49. The van der Waals surface area contributed by atoms with Gasteiger partial charge < -0.3 is 19.5 Å². The van der Waals surface area contributed by atoms with Gasteiger partial charge in [0.2, 0.25) is 0 Å². The van der Waals surface area contributed by atoms with Gasteiger partial charge >= 0.3 is 0 Å². The summed E-state index contributed by atoms with van der Waals surface area (Å²) in [6.07, 6.45) is 5.94. The fourth-order valence-electron chi connectivity index (χ4n) is 3.53. The van der Waals surface area contributed by atoms with Crippen LogP contribution in [0.15, 0.2) is 54.7 Å². The first kappa shape index (κ1) is 20.0. The molecule has 1 N–H and O–H groups in total. The van der Waals surface area contributed by atoms with Gasteiger partial charge in [0.25, 0.3) is 0 Å². The molecule has 5 nitrogen and oxygen atoms in total. The number of hydrogen-bond donors (Lipinski definition) is 1. The average Bonchev–Trinajstić information content (AvgIpc) is 2.78. The zero-order chi connectivity index (χ0) is 20.9. The predicted octanol–water partition coefficient (Wildman–Crippen LogP) is 4.43. The fraction of sp³-hybridized carbons (Fsp3) is 0.240. The number of hydrogen-bond acceptors (Lipinski definition) is 5. The van der Waals surface area contributed by atoms with Crippen LogP contribution < -0.4 is 14.4 Å². The van der Waals surface area contributed by atoms with Crippen LogP contribution in [0, 0.1) is 6.92 Å². The lowest BCUT2D eigenvalue weighted by atomic mass is 9.95. The predicted molar refractivity (Wildman–Crippen MR) is 121 cm³/mol. The molecule has 0 radical (unpaired) electrons. The lowest BCUT2D eigenvalue weighted by Crippen LogP contribution is -2.21. The summed E-state index contributed by atoms with van der Waals surface area (Å²) < 4.78 is 11.4. The molecule has 0 spiro atoms. The number of anilines is 1. The Morgan fingerprint density at radius 3 is 2.63 bits per heavy atom. The average molecular weight is 402 g/mol. The molecule has 0 bridgehead atoms. The highest BCUT2D eigenvalue weighted by atomic mass is 16.6. The number of ether oxygens (including phenoxy) is 2. The quantitative estimate of drug-likeness (QED) is 0.661. The van der Waals surface area contributed by atoms with Crippen LogP contribution in [0.5, 0.6) is 11.5 Å². The Bertz CT molecular complexity index is 1040.